The number of hydrogen-bond donors (Lipinski definition) is 3. The molecule has 0 heterocycles. The van der Waals surface area contributed by atoms with Crippen LogP contribution in [0.5, 0.6) is 5.75 Å². The summed E-state index contributed by atoms with van der Waals surface area (Å²) in [5.41, 5.74) is 0.945. The van der Waals surface area contributed by atoms with Gasteiger partial charge in [-0.25, -0.2) is 4.79 Å². The molecule has 126 valence electrons. The molecular weight excluding hydrogens is 296 g/mol. The Labute approximate surface area is 136 Å². The zero-order valence-corrected chi connectivity index (χ0v) is 13.2. The maximum Gasteiger partial charge on any atom is 0.315 e. The molecule has 0 aliphatic heterocycles. The van der Waals surface area contributed by atoms with E-state index in [1.165, 1.54) is 12.8 Å². The van der Waals surface area contributed by atoms with Gasteiger partial charge in [-0.05, 0) is 38.2 Å². The van der Waals surface area contributed by atoms with E-state index in [2.05, 4.69) is 10.6 Å². The van der Waals surface area contributed by atoms with Gasteiger partial charge in [-0.2, -0.15) is 0 Å². The van der Waals surface area contributed by atoms with Crippen molar-refractivity contribution in [1.29, 1.82) is 0 Å². The van der Waals surface area contributed by atoms with Crippen LogP contribution >= 0.6 is 0 Å². The van der Waals surface area contributed by atoms with Gasteiger partial charge in [-0.3, -0.25) is 4.79 Å². The number of urea groups is 1. The third-order valence-corrected chi connectivity index (χ3v) is 3.86. The van der Waals surface area contributed by atoms with E-state index in [1.54, 1.807) is 0 Å². The van der Waals surface area contributed by atoms with Crippen LogP contribution in [0.25, 0.3) is 0 Å². The molecule has 1 fully saturated rings. The minimum Gasteiger partial charge on any atom is -0.490 e. The van der Waals surface area contributed by atoms with Crippen LogP contribution in [0.1, 0.15) is 44.1 Å². The Morgan fingerprint density at radius 1 is 1.17 bits per heavy atom. The van der Waals surface area contributed by atoms with Gasteiger partial charge in [0.05, 0.1) is 6.10 Å². The molecule has 1 aliphatic carbocycles. The number of rotatable bonds is 8. The van der Waals surface area contributed by atoms with E-state index in [0.717, 1.165) is 24.2 Å². The lowest BCUT2D eigenvalue weighted by molar-refractivity contribution is -0.137. The molecule has 1 aliphatic rings. The van der Waals surface area contributed by atoms with Crippen LogP contribution in [-0.4, -0.2) is 29.8 Å². The molecule has 1 aromatic rings. The van der Waals surface area contributed by atoms with Crippen molar-refractivity contribution in [3.63, 3.8) is 0 Å². The van der Waals surface area contributed by atoms with Crippen molar-refractivity contribution in [3.8, 4) is 5.75 Å². The Hall–Kier alpha value is -2.24. The van der Waals surface area contributed by atoms with E-state index in [1.807, 2.05) is 24.3 Å². The first kappa shape index (κ1) is 17.1. The van der Waals surface area contributed by atoms with Gasteiger partial charge in [-0.1, -0.05) is 18.2 Å². The third kappa shape index (κ3) is 6.18. The van der Waals surface area contributed by atoms with Crippen molar-refractivity contribution in [2.24, 2.45) is 0 Å². The Morgan fingerprint density at radius 3 is 2.65 bits per heavy atom. The molecule has 3 N–H and O–H groups in total. The second kappa shape index (κ2) is 9.02. The van der Waals surface area contributed by atoms with E-state index < -0.39 is 5.97 Å². The number of amides is 2. The second-order valence-corrected chi connectivity index (χ2v) is 5.74. The zero-order chi connectivity index (χ0) is 16.5. The standard InChI is InChI=1S/C17H24N2O4/c20-16(21)10-5-11-18-17(22)19-12-13-6-1-4-9-15(13)23-14-7-2-3-8-14/h1,4,6,9,14H,2-3,5,7-8,10-12H2,(H,20,21)(H2,18,19,22). The molecule has 6 heteroatoms. The molecule has 6 nitrogen and oxygen atoms in total. The van der Waals surface area contributed by atoms with Gasteiger partial charge in [0, 0.05) is 25.1 Å². The molecule has 0 bridgehead atoms. The van der Waals surface area contributed by atoms with Crippen molar-refractivity contribution in [2.45, 2.75) is 51.2 Å². The summed E-state index contributed by atoms with van der Waals surface area (Å²) >= 11 is 0. The highest BCUT2D eigenvalue weighted by Gasteiger charge is 2.17. The fourth-order valence-electron chi connectivity index (χ4n) is 2.63. The third-order valence-electron chi connectivity index (χ3n) is 3.86. The monoisotopic (exact) mass is 320 g/mol. The summed E-state index contributed by atoms with van der Waals surface area (Å²) in [6.45, 7) is 0.728. The lowest BCUT2D eigenvalue weighted by Gasteiger charge is -2.17. The Kier molecular flexibility index (Phi) is 6.72. The van der Waals surface area contributed by atoms with E-state index in [0.29, 0.717) is 19.5 Å². The summed E-state index contributed by atoms with van der Waals surface area (Å²) in [5, 5.41) is 14.0. The molecule has 0 unspecified atom stereocenters. The van der Waals surface area contributed by atoms with Gasteiger partial charge in [0.1, 0.15) is 5.75 Å². The molecule has 0 atom stereocenters. The van der Waals surface area contributed by atoms with E-state index in [4.69, 9.17) is 9.84 Å². The quantitative estimate of drug-likeness (QED) is 0.643. The number of benzene rings is 1. The van der Waals surface area contributed by atoms with Crippen LogP contribution in [-0.2, 0) is 11.3 Å². The second-order valence-electron chi connectivity index (χ2n) is 5.74. The summed E-state index contributed by atoms with van der Waals surface area (Å²) < 4.78 is 6.03. The molecule has 2 rings (SSSR count). The van der Waals surface area contributed by atoms with E-state index >= 15 is 0 Å². The first-order valence-electron chi connectivity index (χ1n) is 8.13. The smallest absolute Gasteiger partial charge is 0.315 e. The summed E-state index contributed by atoms with van der Waals surface area (Å²) in [6, 6.07) is 7.42. The fourth-order valence-corrected chi connectivity index (χ4v) is 2.63. The normalized spacial score (nSPS) is 14.4. The van der Waals surface area contributed by atoms with Crippen LogP contribution in [0.2, 0.25) is 0 Å². The van der Waals surface area contributed by atoms with Crippen LogP contribution in [0.4, 0.5) is 4.79 Å². The molecule has 0 radical (unpaired) electrons. The van der Waals surface area contributed by atoms with Gasteiger partial charge in [0.25, 0.3) is 0 Å². The molecular formula is C17H24N2O4. The lowest BCUT2D eigenvalue weighted by Crippen LogP contribution is -2.35. The molecule has 0 saturated heterocycles. The van der Waals surface area contributed by atoms with E-state index in [9.17, 15) is 9.59 Å². The minimum atomic E-state index is -0.856. The molecule has 23 heavy (non-hydrogen) atoms. The van der Waals surface area contributed by atoms with Crippen LogP contribution in [0, 0.1) is 0 Å². The Bertz CT molecular complexity index is 527. The van der Waals surface area contributed by atoms with Crippen molar-refractivity contribution < 1.29 is 19.4 Å². The number of ether oxygens (including phenoxy) is 1. The van der Waals surface area contributed by atoms with Crippen LogP contribution in [0.15, 0.2) is 24.3 Å². The molecule has 0 aromatic heterocycles. The maximum absolute atomic E-state index is 11.7. The molecule has 0 spiro atoms. The lowest BCUT2D eigenvalue weighted by atomic mass is 10.2. The van der Waals surface area contributed by atoms with Crippen molar-refractivity contribution in [2.75, 3.05) is 6.54 Å². The summed E-state index contributed by atoms with van der Waals surface area (Å²) in [7, 11) is 0. The highest BCUT2D eigenvalue weighted by molar-refractivity contribution is 5.74. The zero-order valence-electron chi connectivity index (χ0n) is 13.2. The van der Waals surface area contributed by atoms with Crippen LogP contribution < -0.4 is 15.4 Å². The minimum absolute atomic E-state index is 0.0539. The largest absolute Gasteiger partial charge is 0.490 e. The predicted molar refractivity (Wildman–Crippen MR) is 86.4 cm³/mol. The van der Waals surface area contributed by atoms with Gasteiger partial charge in [-0.15, -0.1) is 0 Å². The maximum atomic E-state index is 11.7. The van der Waals surface area contributed by atoms with Gasteiger partial charge < -0.3 is 20.5 Å². The number of carbonyl (C=O) groups is 2. The average Bonchev–Trinajstić information content (AvgIpc) is 3.03. The topological polar surface area (TPSA) is 87.7 Å². The first-order valence-corrected chi connectivity index (χ1v) is 8.13. The van der Waals surface area contributed by atoms with Gasteiger partial charge in [0.15, 0.2) is 0 Å². The van der Waals surface area contributed by atoms with Gasteiger partial charge in [0.2, 0.25) is 0 Å². The van der Waals surface area contributed by atoms with Crippen LogP contribution in [0.3, 0.4) is 0 Å². The summed E-state index contributed by atoms with van der Waals surface area (Å²) in [6.07, 6.45) is 5.36. The first-order chi connectivity index (χ1) is 11.1. The average molecular weight is 320 g/mol. The molecule has 1 aromatic carbocycles. The van der Waals surface area contributed by atoms with Gasteiger partial charge >= 0.3 is 12.0 Å². The fraction of sp³-hybridized carbons (Fsp3) is 0.529. The number of carbonyl (C=O) groups excluding carboxylic acids is 1. The highest BCUT2D eigenvalue weighted by Crippen LogP contribution is 2.26. The van der Waals surface area contributed by atoms with Crippen molar-refractivity contribution in [1.82, 2.24) is 10.6 Å². The summed E-state index contributed by atoms with van der Waals surface area (Å²) in [5.74, 6) is -0.0317. The summed E-state index contributed by atoms with van der Waals surface area (Å²) in [4.78, 5) is 22.1. The molecule has 1 saturated carbocycles. The van der Waals surface area contributed by atoms with Crippen molar-refractivity contribution >= 4 is 12.0 Å². The number of hydrogen-bond acceptors (Lipinski definition) is 3. The number of carboxylic acid groups (broad SMARTS) is 1. The van der Waals surface area contributed by atoms with Crippen molar-refractivity contribution in [3.05, 3.63) is 29.8 Å². The Balaban J connectivity index is 1.76. The molecule has 2 amide bonds. The van der Waals surface area contributed by atoms with E-state index in [-0.39, 0.29) is 18.6 Å². The number of aliphatic carboxylic acids is 1. The predicted octanol–water partition coefficient (Wildman–Crippen LogP) is 2.67. The number of carboxylic acids is 1. The Morgan fingerprint density at radius 2 is 1.91 bits per heavy atom. The number of nitrogens with one attached hydrogen (secondary N) is 2. The number of para-hydroxylation sites is 1. The highest BCUT2D eigenvalue weighted by atomic mass is 16.5. The SMILES string of the molecule is O=C(O)CCCNC(=O)NCc1ccccc1OC1CCCC1.